The minimum Gasteiger partial charge on any atom is -0.368 e. The van der Waals surface area contributed by atoms with Crippen LogP contribution >= 0.6 is 0 Å². The normalized spacial score (nSPS) is 15.8. The SMILES string of the molecule is Cc1ccccc1CS(=O)CC(=O)N1CCN(c2ccc(F)cc2)CC1. The summed E-state index contributed by atoms with van der Waals surface area (Å²) in [7, 11) is -1.21. The molecule has 1 heterocycles. The number of carbonyl (C=O) groups excluding carboxylic acids is 1. The Hall–Kier alpha value is -2.21. The molecular formula is C20H23FN2O2S. The summed E-state index contributed by atoms with van der Waals surface area (Å²) < 4.78 is 25.4. The first-order valence-corrected chi connectivity index (χ1v) is 10.2. The molecule has 0 aliphatic carbocycles. The molecule has 0 N–H and O–H groups in total. The molecular weight excluding hydrogens is 351 g/mol. The van der Waals surface area contributed by atoms with E-state index in [0.717, 1.165) is 16.8 Å². The molecule has 0 saturated carbocycles. The van der Waals surface area contributed by atoms with Gasteiger partial charge in [-0.05, 0) is 42.3 Å². The molecule has 26 heavy (non-hydrogen) atoms. The summed E-state index contributed by atoms with van der Waals surface area (Å²) in [4.78, 5) is 16.3. The largest absolute Gasteiger partial charge is 0.368 e. The molecule has 4 nitrogen and oxygen atoms in total. The van der Waals surface area contributed by atoms with Gasteiger partial charge in [-0.15, -0.1) is 0 Å². The number of benzene rings is 2. The predicted molar refractivity (Wildman–Crippen MR) is 103 cm³/mol. The summed E-state index contributed by atoms with van der Waals surface area (Å²) in [6.45, 7) is 4.57. The number of carbonyl (C=O) groups is 1. The van der Waals surface area contributed by atoms with Crippen LogP contribution in [0.5, 0.6) is 0 Å². The van der Waals surface area contributed by atoms with Crippen LogP contribution in [0.25, 0.3) is 0 Å². The Bertz CT molecular complexity index is 787. The summed E-state index contributed by atoms with van der Waals surface area (Å²) >= 11 is 0. The van der Waals surface area contributed by atoms with Gasteiger partial charge in [-0.2, -0.15) is 0 Å². The molecule has 138 valence electrons. The van der Waals surface area contributed by atoms with Crippen LogP contribution in [0.15, 0.2) is 48.5 Å². The number of piperazine rings is 1. The van der Waals surface area contributed by atoms with Crippen LogP contribution in [0.4, 0.5) is 10.1 Å². The Morgan fingerprint density at radius 2 is 1.69 bits per heavy atom. The predicted octanol–water partition coefficient (Wildman–Crippen LogP) is 2.73. The van der Waals surface area contributed by atoms with Crippen LogP contribution in [0.2, 0.25) is 0 Å². The Morgan fingerprint density at radius 3 is 2.35 bits per heavy atom. The second kappa shape index (κ2) is 8.45. The number of rotatable bonds is 5. The zero-order chi connectivity index (χ0) is 18.5. The number of aryl methyl sites for hydroxylation is 1. The van der Waals surface area contributed by atoms with Gasteiger partial charge in [0.2, 0.25) is 5.91 Å². The third kappa shape index (κ3) is 4.69. The van der Waals surface area contributed by atoms with Gasteiger partial charge in [-0.1, -0.05) is 24.3 Å². The molecule has 1 saturated heterocycles. The maximum atomic E-state index is 13.0. The zero-order valence-electron chi connectivity index (χ0n) is 14.9. The van der Waals surface area contributed by atoms with Crippen LogP contribution in [-0.4, -0.2) is 46.9 Å². The van der Waals surface area contributed by atoms with E-state index in [9.17, 15) is 13.4 Å². The van der Waals surface area contributed by atoms with E-state index in [2.05, 4.69) is 4.90 Å². The number of amides is 1. The Balaban J connectivity index is 1.49. The van der Waals surface area contributed by atoms with Gasteiger partial charge in [-0.25, -0.2) is 4.39 Å². The Kier molecular flexibility index (Phi) is 6.04. The van der Waals surface area contributed by atoms with E-state index in [0.29, 0.717) is 31.9 Å². The first-order chi connectivity index (χ1) is 12.5. The van der Waals surface area contributed by atoms with Gasteiger partial charge in [0.1, 0.15) is 11.6 Å². The minimum absolute atomic E-state index is 0.0596. The van der Waals surface area contributed by atoms with Crippen LogP contribution in [-0.2, 0) is 21.3 Å². The molecule has 1 aliphatic heterocycles. The highest BCUT2D eigenvalue weighted by Crippen LogP contribution is 2.17. The molecule has 6 heteroatoms. The molecule has 1 amide bonds. The van der Waals surface area contributed by atoms with E-state index in [1.807, 2.05) is 31.2 Å². The highest BCUT2D eigenvalue weighted by atomic mass is 32.2. The molecule has 0 bridgehead atoms. The van der Waals surface area contributed by atoms with Gasteiger partial charge in [0.15, 0.2) is 0 Å². The van der Waals surface area contributed by atoms with E-state index in [4.69, 9.17) is 0 Å². The Morgan fingerprint density at radius 1 is 1.04 bits per heavy atom. The Labute approximate surface area is 156 Å². The van der Waals surface area contributed by atoms with Crippen LogP contribution in [0, 0.1) is 12.7 Å². The van der Waals surface area contributed by atoms with Crippen molar-refractivity contribution in [1.29, 1.82) is 0 Å². The van der Waals surface area contributed by atoms with Crippen LogP contribution in [0.1, 0.15) is 11.1 Å². The first kappa shape index (κ1) is 18.6. The van der Waals surface area contributed by atoms with Gasteiger partial charge in [0.25, 0.3) is 0 Å². The van der Waals surface area contributed by atoms with Gasteiger partial charge in [0.05, 0.1) is 0 Å². The minimum atomic E-state index is -1.21. The van der Waals surface area contributed by atoms with Gasteiger partial charge >= 0.3 is 0 Å². The fraction of sp³-hybridized carbons (Fsp3) is 0.350. The average molecular weight is 374 g/mol. The zero-order valence-corrected chi connectivity index (χ0v) is 15.7. The highest BCUT2D eigenvalue weighted by Gasteiger charge is 2.22. The summed E-state index contributed by atoms with van der Waals surface area (Å²) in [6, 6.07) is 14.2. The fourth-order valence-electron chi connectivity index (χ4n) is 3.09. The van der Waals surface area contributed by atoms with Crippen molar-refractivity contribution in [2.75, 3.05) is 36.8 Å². The molecule has 0 aromatic heterocycles. The summed E-state index contributed by atoms with van der Waals surface area (Å²) in [5.74, 6) is 0.160. The van der Waals surface area contributed by atoms with Gasteiger partial charge in [-0.3, -0.25) is 9.00 Å². The van der Waals surface area contributed by atoms with Crippen molar-refractivity contribution in [2.45, 2.75) is 12.7 Å². The molecule has 1 unspecified atom stereocenters. The van der Waals surface area contributed by atoms with Crippen molar-refractivity contribution in [3.63, 3.8) is 0 Å². The van der Waals surface area contributed by atoms with Crippen LogP contribution < -0.4 is 4.90 Å². The maximum absolute atomic E-state index is 13.0. The smallest absolute Gasteiger partial charge is 0.235 e. The quantitative estimate of drug-likeness (QED) is 0.808. The summed E-state index contributed by atoms with van der Waals surface area (Å²) in [5, 5.41) is 0. The standard InChI is InChI=1S/C20H23FN2O2S/c1-16-4-2-3-5-17(16)14-26(25)15-20(24)23-12-10-22(11-13-23)19-8-6-18(21)7-9-19/h2-9H,10-15H2,1H3. The lowest BCUT2D eigenvalue weighted by atomic mass is 10.1. The van der Waals surface area contributed by atoms with E-state index >= 15 is 0 Å². The number of hydrogen-bond acceptors (Lipinski definition) is 3. The molecule has 2 aromatic rings. The van der Waals surface area contributed by atoms with Crippen molar-refractivity contribution >= 4 is 22.4 Å². The summed E-state index contributed by atoms with van der Waals surface area (Å²) in [5.41, 5.74) is 3.09. The second-order valence-corrected chi connectivity index (χ2v) is 7.96. The first-order valence-electron chi connectivity index (χ1n) is 8.71. The lowest BCUT2D eigenvalue weighted by Crippen LogP contribution is -2.50. The number of halogens is 1. The topological polar surface area (TPSA) is 40.6 Å². The number of hydrogen-bond donors (Lipinski definition) is 0. The fourth-order valence-corrected chi connectivity index (χ4v) is 4.32. The number of anilines is 1. The highest BCUT2D eigenvalue weighted by molar-refractivity contribution is 7.84. The molecule has 1 atom stereocenters. The maximum Gasteiger partial charge on any atom is 0.235 e. The monoisotopic (exact) mass is 374 g/mol. The van der Waals surface area contributed by atoms with Crippen molar-refractivity contribution in [2.24, 2.45) is 0 Å². The molecule has 1 aliphatic rings. The second-order valence-electron chi connectivity index (χ2n) is 6.50. The molecule has 0 radical (unpaired) electrons. The van der Waals surface area contributed by atoms with E-state index in [1.165, 1.54) is 12.1 Å². The third-order valence-electron chi connectivity index (χ3n) is 4.69. The lowest BCUT2D eigenvalue weighted by Gasteiger charge is -2.36. The van der Waals surface area contributed by atoms with Crippen LogP contribution in [0.3, 0.4) is 0 Å². The molecule has 1 fully saturated rings. The van der Waals surface area contributed by atoms with Crippen molar-refractivity contribution < 1.29 is 13.4 Å². The molecule has 3 rings (SSSR count). The van der Waals surface area contributed by atoms with Crippen molar-refractivity contribution in [1.82, 2.24) is 4.90 Å². The van der Waals surface area contributed by atoms with E-state index in [1.54, 1.807) is 17.0 Å². The van der Waals surface area contributed by atoms with E-state index in [-0.39, 0.29) is 17.5 Å². The number of nitrogens with zero attached hydrogens (tertiary/aromatic N) is 2. The molecule has 0 spiro atoms. The van der Waals surface area contributed by atoms with Crippen molar-refractivity contribution in [3.8, 4) is 0 Å². The van der Waals surface area contributed by atoms with Gasteiger partial charge in [0, 0.05) is 48.4 Å². The van der Waals surface area contributed by atoms with Crippen molar-refractivity contribution in [3.05, 3.63) is 65.5 Å². The third-order valence-corrected chi connectivity index (χ3v) is 5.89. The molecule has 2 aromatic carbocycles. The van der Waals surface area contributed by atoms with E-state index < -0.39 is 10.8 Å². The summed E-state index contributed by atoms with van der Waals surface area (Å²) in [6.07, 6.45) is 0. The lowest BCUT2D eigenvalue weighted by molar-refractivity contribution is -0.128. The average Bonchev–Trinajstić information content (AvgIpc) is 2.64. The van der Waals surface area contributed by atoms with Gasteiger partial charge < -0.3 is 9.80 Å².